The summed E-state index contributed by atoms with van der Waals surface area (Å²) in [5.74, 6) is -1.62. The maximum absolute atomic E-state index is 11.9. The minimum absolute atomic E-state index is 0.0355. The number of rotatable bonds is 6. The molecule has 2 N–H and O–H groups in total. The fraction of sp³-hybridized carbons (Fsp3) is 0.125. The maximum atomic E-state index is 11.9. The van der Waals surface area contributed by atoms with Gasteiger partial charge in [-0.25, -0.2) is 4.79 Å². The van der Waals surface area contributed by atoms with Crippen molar-refractivity contribution < 1.29 is 29.1 Å². The van der Waals surface area contributed by atoms with E-state index >= 15 is 0 Å². The van der Waals surface area contributed by atoms with Crippen molar-refractivity contribution in [1.29, 1.82) is 0 Å². The van der Waals surface area contributed by atoms with Gasteiger partial charge in [0, 0.05) is 18.2 Å². The van der Waals surface area contributed by atoms with E-state index in [9.17, 15) is 24.8 Å². The number of aromatic hydroxyl groups is 1. The van der Waals surface area contributed by atoms with E-state index in [4.69, 9.17) is 21.1 Å². The highest BCUT2D eigenvalue weighted by atomic mass is 35.5. The molecule has 0 bridgehead atoms. The minimum Gasteiger partial charge on any atom is -0.507 e. The Bertz CT molecular complexity index is 870. The van der Waals surface area contributed by atoms with Crippen LogP contribution in [0.25, 0.3) is 0 Å². The average Bonchev–Trinajstić information content (AvgIpc) is 2.61. The van der Waals surface area contributed by atoms with Gasteiger partial charge in [0.1, 0.15) is 17.1 Å². The molecule has 136 valence electrons. The van der Waals surface area contributed by atoms with Crippen molar-refractivity contribution in [1.82, 2.24) is 0 Å². The topological polar surface area (TPSA) is 128 Å². The second-order valence-electron chi connectivity index (χ2n) is 4.93. The molecule has 0 saturated carbocycles. The zero-order chi connectivity index (χ0) is 19.3. The summed E-state index contributed by atoms with van der Waals surface area (Å²) in [7, 11) is 1.40. The van der Waals surface area contributed by atoms with Crippen molar-refractivity contribution in [3.8, 4) is 11.5 Å². The van der Waals surface area contributed by atoms with Gasteiger partial charge in [-0.05, 0) is 18.2 Å². The first-order valence-electron chi connectivity index (χ1n) is 7.09. The van der Waals surface area contributed by atoms with Crippen LogP contribution < -0.4 is 10.1 Å². The third kappa shape index (κ3) is 4.61. The highest BCUT2D eigenvalue weighted by Crippen LogP contribution is 2.27. The standard InChI is InChI=1S/C16H13ClN2O7/c1-25-10-3-4-11(14(20)7-10)16(22)26-8-15(21)18-13-5-2-9(19(23)24)6-12(13)17/h2-7,20H,8H2,1H3,(H,18,21). The van der Waals surface area contributed by atoms with E-state index in [1.165, 1.54) is 37.4 Å². The van der Waals surface area contributed by atoms with Crippen molar-refractivity contribution in [2.24, 2.45) is 0 Å². The Hall–Kier alpha value is -3.33. The van der Waals surface area contributed by atoms with Crippen LogP contribution in [-0.2, 0) is 9.53 Å². The van der Waals surface area contributed by atoms with Crippen LogP contribution in [0.15, 0.2) is 36.4 Å². The van der Waals surface area contributed by atoms with Gasteiger partial charge in [0.25, 0.3) is 11.6 Å². The van der Waals surface area contributed by atoms with Crippen molar-refractivity contribution in [2.45, 2.75) is 0 Å². The first-order valence-corrected chi connectivity index (χ1v) is 7.47. The molecule has 10 heteroatoms. The molecule has 2 rings (SSSR count). The normalized spacial score (nSPS) is 10.1. The van der Waals surface area contributed by atoms with Crippen LogP contribution in [0.1, 0.15) is 10.4 Å². The molecule has 0 aliphatic carbocycles. The molecule has 0 fully saturated rings. The summed E-state index contributed by atoms with van der Waals surface area (Å²) in [5, 5.41) is 22.7. The zero-order valence-corrected chi connectivity index (χ0v) is 14.1. The number of carbonyl (C=O) groups is 2. The Balaban J connectivity index is 1.96. The summed E-state index contributed by atoms with van der Waals surface area (Å²) in [6.45, 7) is -0.641. The van der Waals surface area contributed by atoms with Crippen LogP contribution in [-0.4, -0.2) is 35.6 Å². The van der Waals surface area contributed by atoms with Gasteiger partial charge in [0.05, 0.1) is 22.7 Å². The SMILES string of the molecule is COc1ccc(C(=O)OCC(=O)Nc2ccc([N+](=O)[O-])cc2Cl)c(O)c1. The van der Waals surface area contributed by atoms with E-state index in [0.717, 1.165) is 6.07 Å². The molecule has 0 unspecified atom stereocenters. The number of nitro groups is 1. The summed E-state index contributed by atoms with van der Waals surface area (Å²) in [6.07, 6.45) is 0. The number of nitrogens with zero attached hydrogens (tertiary/aromatic N) is 1. The summed E-state index contributed by atoms with van der Waals surface area (Å²) in [4.78, 5) is 33.8. The number of phenols is 1. The molecule has 0 atom stereocenters. The summed E-state index contributed by atoms with van der Waals surface area (Å²) in [5.41, 5.74) is -0.230. The van der Waals surface area contributed by atoms with Crippen LogP contribution in [0.5, 0.6) is 11.5 Å². The molecule has 0 heterocycles. The molecule has 0 aromatic heterocycles. The van der Waals surface area contributed by atoms with E-state index in [1.54, 1.807) is 0 Å². The van der Waals surface area contributed by atoms with Gasteiger partial charge in [-0.3, -0.25) is 14.9 Å². The van der Waals surface area contributed by atoms with Gasteiger partial charge >= 0.3 is 5.97 Å². The van der Waals surface area contributed by atoms with Gasteiger partial charge in [0.2, 0.25) is 0 Å². The van der Waals surface area contributed by atoms with Crippen LogP contribution in [0.4, 0.5) is 11.4 Å². The van der Waals surface area contributed by atoms with Crippen molar-refractivity contribution in [2.75, 3.05) is 19.0 Å². The van der Waals surface area contributed by atoms with E-state index in [1.807, 2.05) is 0 Å². The molecule has 0 aliphatic heterocycles. The summed E-state index contributed by atoms with van der Waals surface area (Å²) < 4.78 is 9.71. The predicted octanol–water partition coefficient (Wildman–Crippen LogP) is 2.76. The first-order chi connectivity index (χ1) is 12.3. The van der Waals surface area contributed by atoms with E-state index in [0.29, 0.717) is 5.75 Å². The molecule has 1 amide bonds. The fourth-order valence-corrected chi connectivity index (χ4v) is 2.15. The molecule has 26 heavy (non-hydrogen) atoms. The quantitative estimate of drug-likeness (QED) is 0.448. The third-order valence-electron chi connectivity index (χ3n) is 3.20. The second kappa shape index (κ2) is 8.17. The van der Waals surface area contributed by atoms with Gasteiger partial charge in [-0.15, -0.1) is 0 Å². The Morgan fingerprint density at radius 2 is 2.00 bits per heavy atom. The zero-order valence-electron chi connectivity index (χ0n) is 13.4. The number of methoxy groups -OCH3 is 1. The number of hydrogen-bond acceptors (Lipinski definition) is 7. The third-order valence-corrected chi connectivity index (χ3v) is 3.51. The monoisotopic (exact) mass is 380 g/mol. The summed E-state index contributed by atoms with van der Waals surface area (Å²) in [6, 6.07) is 7.49. The molecule has 2 aromatic rings. The van der Waals surface area contributed by atoms with Crippen LogP contribution in [0.2, 0.25) is 5.02 Å². The minimum atomic E-state index is -0.907. The lowest BCUT2D eigenvalue weighted by Crippen LogP contribution is -2.21. The van der Waals surface area contributed by atoms with Crippen molar-refractivity contribution in [3.63, 3.8) is 0 Å². The molecule has 0 saturated heterocycles. The lowest BCUT2D eigenvalue weighted by molar-refractivity contribution is -0.384. The number of nitro benzene ring substituents is 1. The van der Waals surface area contributed by atoms with Crippen molar-refractivity contribution >= 4 is 34.9 Å². The van der Waals surface area contributed by atoms with Gasteiger partial charge in [-0.1, -0.05) is 11.6 Å². The van der Waals surface area contributed by atoms with Gasteiger partial charge in [0.15, 0.2) is 6.61 Å². The lowest BCUT2D eigenvalue weighted by atomic mass is 10.2. The number of benzene rings is 2. The molecular formula is C16H13ClN2O7. The molecule has 0 aliphatic rings. The first kappa shape index (κ1) is 19.0. The maximum Gasteiger partial charge on any atom is 0.342 e. The number of esters is 1. The van der Waals surface area contributed by atoms with Crippen LogP contribution in [0.3, 0.4) is 0 Å². The number of amides is 1. The number of non-ortho nitro benzene ring substituents is 1. The van der Waals surface area contributed by atoms with Gasteiger partial charge < -0.3 is 19.9 Å². The van der Waals surface area contributed by atoms with Crippen LogP contribution in [0, 0.1) is 10.1 Å². The highest BCUT2D eigenvalue weighted by Gasteiger charge is 2.16. The van der Waals surface area contributed by atoms with E-state index < -0.39 is 23.4 Å². The Labute approximate surface area is 152 Å². The van der Waals surface area contributed by atoms with Crippen molar-refractivity contribution in [3.05, 3.63) is 57.1 Å². The Morgan fingerprint density at radius 3 is 2.58 bits per heavy atom. The molecule has 0 spiro atoms. The predicted molar refractivity (Wildman–Crippen MR) is 91.7 cm³/mol. The summed E-state index contributed by atoms with van der Waals surface area (Å²) >= 11 is 5.85. The molecule has 0 radical (unpaired) electrons. The Kier molecular flexibility index (Phi) is 5.97. The number of ether oxygens (including phenoxy) is 2. The molecule has 9 nitrogen and oxygen atoms in total. The smallest absolute Gasteiger partial charge is 0.342 e. The number of anilines is 1. The number of carbonyl (C=O) groups excluding carboxylic acids is 2. The largest absolute Gasteiger partial charge is 0.507 e. The average molecular weight is 381 g/mol. The van der Waals surface area contributed by atoms with E-state index in [-0.39, 0.29) is 27.7 Å². The van der Waals surface area contributed by atoms with Gasteiger partial charge in [-0.2, -0.15) is 0 Å². The van der Waals surface area contributed by atoms with E-state index in [2.05, 4.69) is 5.32 Å². The van der Waals surface area contributed by atoms with Crippen LogP contribution >= 0.6 is 11.6 Å². The molecular weight excluding hydrogens is 368 g/mol. The number of phenolic OH excluding ortho intramolecular Hbond substituents is 1. The lowest BCUT2D eigenvalue weighted by Gasteiger charge is -2.09. The number of nitrogens with one attached hydrogen (secondary N) is 1. The number of halogens is 1. The Morgan fingerprint density at radius 1 is 1.27 bits per heavy atom. The second-order valence-corrected chi connectivity index (χ2v) is 5.34. The molecule has 2 aromatic carbocycles. The fourth-order valence-electron chi connectivity index (χ4n) is 1.93. The highest BCUT2D eigenvalue weighted by molar-refractivity contribution is 6.34. The number of hydrogen-bond donors (Lipinski definition) is 2.